The van der Waals surface area contributed by atoms with Crippen molar-refractivity contribution >= 4 is 5.91 Å². The third-order valence-electron chi connectivity index (χ3n) is 3.41. The third-order valence-corrected chi connectivity index (χ3v) is 3.41. The topological polar surface area (TPSA) is 55.1 Å². The number of aryl methyl sites for hydroxylation is 2. The fourth-order valence-corrected chi connectivity index (χ4v) is 2.03. The van der Waals surface area contributed by atoms with E-state index in [2.05, 4.69) is 37.4 Å². The molecule has 0 aromatic heterocycles. The first-order valence-corrected chi connectivity index (χ1v) is 6.87. The van der Waals surface area contributed by atoms with Crippen molar-refractivity contribution in [3.05, 3.63) is 34.9 Å². The number of carbonyl (C=O) groups excluding carboxylic acids is 1. The molecular weight excluding hydrogens is 236 g/mol. The largest absolute Gasteiger partial charge is 0.356 e. The van der Waals surface area contributed by atoms with Gasteiger partial charge < -0.3 is 11.1 Å². The molecule has 1 aromatic rings. The van der Waals surface area contributed by atoms with Crippen LogP contribution in [0.1, 0.15) is 37.0 Å². The molecule has 3 N–H and O–H groups in total. The zero-order valence-electron chi connectivity index (χ0n) is 12.5. The third kappa shape index (κ3) is 5.43. The molecule has 1 aromatic carbocycles. The lowest BCUT2D eigenvalue weighted by molar-refractivity contribution is -0.122. The standard InChI is InChI=1S/C16H26N2O/c1-12-5-6-14(13(2)9-12)7-8-18-15(19)10-16(3,4)11-17/h5-6,9H,7-8,10-11,17H2,1-4H3,(H,18,19). The SMILES string of the molecule is Cc1ccc(CCNC(=O)CC(C)(C)CN)c(C)c1. The van der Waals surface area contributed by atoms with Crippen molar-refractivity contribution in [1.82, 2.24) is 5.32 Å². The Morgan fingerprint density at radius 3 is 2.58 bits per heavy atom. The lowest BCUT2D eigenvalue weighted by Gasteiger charge is -2.21. The Morgan fingerprint density at radius 2 is 2.00 bits per heavy atom. The first kappa shape index (κ1) is 15.7. The monoisotopic (exact) mass is 262 g/mol. The van der Waals surface area contributed by atoms with E-state index in [1.165, 1.54) is 16.7 Å². The Hall–Kier alpha value is -1.35. The molecule has 0 aliphatic heterocycles. The van der Waals surface area contributed by atoms with E-state index in [0.717, 1.165) is 6.42 Å². The summed E-state index contributed by atoms with van der Waals surface area (Å²) in [4.78, 5) is 11.8. The minimum atomic E-state index is -0.121. The predicted octanol–water partition coefficient (Wildman–Crippen LogP) is 2.34. The van der Waals surface area contributed by atoms with Gasteiger partial charge in [-0.3, -0.25) is 4.79 Å². The van der Waals surface area contributed by atoms with Gasteiger partial charge in [-0.05, 0) is 43.4 Å². The van der Waals surface area contributed by atoms with Gasteiger partial charge in [0.2, 0.25) is 5.91 Å². The fourth-order valence-electron chi connectivity index (χ4n) is 2.03. The van der Waals surface area contributed by atoms with E-state index in [4.69, 9.17) is 5.73 Å². The molecule has 0 atom stereocenters. The van der Waals surface area contributed by atoms with Crippen LogP contribution in [0.25, 0.3) is 0 Å². The van der Waals surface area contributed by atoms with Crippen molar-refractivity contribution in [1.29, 1.82) is 0 Å². The number of benzene rings is 1. The van der Waals surface area contributed by atoms with Crippen molar-refractivity contribution < 1.29 is 4.79 Å². The summed E-state index contributed by atoms with van der Waals surface area (Å²) >= 11 is 0. The second-order valence-electron chi connectivity index (χ2n) is 6.08. The summed E-state index contributed by atoms with van der Waals surface area (Å²) in [5, 5.41) is 2.97. The molecule has 0 radical (unpaired) electrons. The van der Waals surface area contributed by atoms with Crippen LogP contribution in [0.15, 0.2) is 18.2 Å². The van der Waals surface area contributed by atoms with E-state index in [9.17, 15) is 4.79 Å². The Labute approximate surface area is 116 Å². The highest BCUT2D eigenvalue weighted by molar-refractivity contribution is 5.76. The number of nitrogens with two attached hydrogens (primary N) is 1. The highest BCUT2D eigenvalue weighted by Crippen LogP contribution is 2.17. The minimum absolute atomic E-state index is 0.0835. The molecule has 1 amide bonds. The Morgan fingerprint density at radius 1 is 1.32 bits per heavy atom. The van der Waals surface area contributed by atoms with Gasteiger partial charge in [-0.2, -0.15) is 0 Å². The summed E-state index contributed by atoms with van der Waals surface area (Å²) in [6.07, 6.45) is 1.36. The van der Waals surface area contributed by atoms with Gasteiger partial charge in [0.15, 0.2) is 0 Å². The van der Waals surface area contributed by atoms with Crippen LogP contribution in [-0.2, 0) is 11.2 Å². The van der Waals surface area contributed by atoms with E-state index in [0.29, 0.717) is 19.5 Å². The molecule has 3 heteroatoms. The van der Waals surface area contributed by atoms with E-state index in [-0.39, 0.29) is 11.3 Å². The maximum atomic E-state index is 11.8. The van der Waals surface area contributed by atoms with Crippen molar-refractivity contribution in [3.63, 3.8) is 0 Å². The molecule has 0 fully saturated rings. The zero-order chi connectivity index (χ0) is 14.5. The molecule has 3 nitrogen and oxygen atoms in total. The molecule has 0 unspecified atom stereocenters. The van der Waals surface area contributed by atoms with Crippen molar-refractivity contribution in [2.24, 2.45) is 11.1 Å². The van der Waals surface area contributed by atoms with Crippen molar-refractivity contribution in [3.8, 4) is 0 Å². The van der Waals surface area contributed by atoms with Crippen LogP contribution < -0.4 is 11.1 Å². The van der Waals surface area contributed by atoms with Gasteiger partial charge >= 0.3 is 0 Å². The number of hydrogen-bond acceptors (Lipinski definition) is 2. The van der Waals surface area contributed by atoms with Crippen LogP contribution in [0.4, 0.5) is 0 Å². The van der Waals surface area contributed by atoms with Gasteiger partial charge in [-0.25, -0.2) is 0 Å². The number of amides is 1. The molecule has 0 heterocycles. The number of hydrogen-bond donors (Lipinski definition) is 2. The number of rotatable bonds is 6. The average Bonchev–Trinajstić information content (AvgIpc) is 2.31. The average molecular weight is 262 g/mol. The first-order valence-electron chi connectivity index (χ1n) is 6.87. The summed E-state index contributed by atoms with van der Waals surface area (Å²) in [7, 11) is 0. The van der Waals surface area contributed by atoms with Crippen molar-refractivity contribution in [2.45, 2.75) is 40.5 Å². The Balaban J connectivity index is 2.40. The Bertz CT molecular complexity index is 438. The molecular formula is C16H26N2O. The van der Waals surface area contributed by atoms with Gasteiger partial charge in [0.05, 0.1) is 0 Å². The molecule has 1 rings (SSSR count). The summed E-state index contributed by atoms with van der Waals surface area (Å²) in [6.45, 7) is 9.43. The van der Waals surface area contributed by atoms with Gasteiger partial charge in [-0.1, -0.05) is 37.6 Å². The van der Waals surface area contributed by atoms with Gasteiger partial charge in [0.25, 0.3) is 0 Å². The molecule has 0 bridgehead atoms. The summed E-state index contributed by atoms with van der Waals surface area (Å²) < 4.78 is 0. The molecule has 0 saturated carbocycles. The summed E-state index contributed by atoms with van der Waals surface area (Å²) in [6, 6.07) is 6.43. The minimum Gasteiger partial charge on any atom is -0.356 e. The summed E-state index contributed by atoms with van der Waals surface area (Å²) in [5.74, 6) is 0.0835. The van der Waals surface area contributed by atoms with Crippen LogP contribution in [0.3, 0.4) is 0 Å². The maximum Gasteiger partial charge on any atom is 0.220 e. The number of nitrogens with one attached hydrogen (secondary N) is 1. The van der Waals surface area contributed by atoms with Gasteiger partial charge in [0.1, 0.15) is 0 Å². The van der Waals surface area contributed by atoms with Gasteiger partial charge in [0, 0.05) is 13.0 Å². The van der Waals surface area contributed by atoms with E-state index in [1.807, 2.05) is 13.8 Å². The van der Waals surface area contributed by atoms with E-state index >= 15 is 0 Å². The zero-order valence-corrected chi connectivity index (χ0v) is 12.5. The van der Waals surface area contributed by atoms with Crippen molar-refractivity contribution in [2.75, 3.05) is 13.1 Å². The highest BCUT2D eigenvalue weighted by Gasteiger charge is 2.19. The molecule has 106 valence electrons. The lowest BCUT2D eigenvalue weighted by Crippen LogP contribution is -2.34. The Kier molecular flexibility index (Phi) is 5.55. The second kappa shape index (κ2) is 6.71. The van der Waals surface area contributed by atoms with Crippen LogP contribution in [0.2, 0.25) is 0 Å². The maximum absolute atomic E-state index is 11.8. The van der Waals surface area contributed by atoms with E-state index in [1.54, 1.807) is 0 Å². The predicted molar refractivity (Wildman–Crippen MR) is 80.1 cm³/mol. The van der Waals surface area contributed by atoms with Crippen LogP contribution >= 0.6 is 0 Å². The normalized spacial score (nSPS) is 11.4. The van der Waals surface area contributed by atoms with Gasteiger partial charge in [-0.15, -0.1) is 0 Å². The first-order chi connectivity index (χ1) is 8.84. The lowest BCUT2D eigenvalue weighted by atomic mass is 9.89. The van der Waals surface area contributed by atoms with Crippen LogP contribution in [0, 0.1) is 19.3 Å². The molecule has 0 aliphatic carbocycles. The molecule has 0 spiro atoms. The summed E-state index contributed by atoms with van der Waals surface area (Å²) in [5.41, 5.74) is 9.36. The highest BCUT2D eigenvalue weighted by atomic mass is 16.1. The van der Waals surface area contributed by atoms with Crippen LogP contribution in [-0.4, -0.2) is 19.0 Å². The van der Waals surface area contributed by atoms with Crippen LogP contribution in [0.5, 0.6) is 0 Å². The molecule has 0 saturated heterocycles. The smallest absolute Gasteiger partial charge is 0.220 e. The second-order valence-corrected chi connectivity index (χ2v) is 6.08. The number of carbonyl (C=O) groups is 1. The fraction of sp³-hybridized carbons (Fsp3) is 0.562. The quantitative estimate of drug-likeness (QED) is 0.826. The molecule has 0 aliphatic rings. The van der Waals surface area contributed by atoms with E-state index < -0.39 is 0 Å². The molecule has 19 heavy (non-hydrogen) atoms.